The van der Waals surface area contributed by atoms with Crippen LogP contribution >= 0.6 is 31.9 Å². The molecule has 3 aromatic carbocycles. The summed E-state index contributed by atoms with van der Waals surface area (Å²) in [6.45, 7) is 4.12. The number of nitrogens with zero attached hydrogens (tertiary/aromatic N) is 4. The number of hydrogen-bond acceptors (Lipinski definition) is 6. The van der Waals surface area contributed by atoms with Crippen LogP contribution in [0.2, 0.25) is 0 Å². The van der Waals surface area contributed by atoms with Crippen molar-refractivity contribution in [2.24, 2.45) is 5.10 Å². The molecule has 8 nitrogen and oxygen atoms in total. The fourth-order valence-electron chi connectivity index (χ4n) is 3.40. The molecule has 0 fully saturated rings. The molecule has 4 aromatic rings. The Hall–Kier alpha value is -3.37. The van der Waals surface area contributed by atoms with Crippen molar-refractivity contribution < 1.29 is 9.66 Å². The largest absolute Gasteiger partial charge is 0.488 e. The van der Waals surface area contributed by atoms with Crippen molar-refractivity contribution in [2.45, 2.75) is 26.4 Å². The summed E-state index contributed by atoms with van der Waals surface area (Å²) in [7, 11) is 0. The zero-order chi connectivity index (χ0) is 25.1. The molecule has 4 rings (SSSR count). The number of halogens is 2. The van der Waals surface area contributed by atoms with Crippen molar-refractivity contribution in [1.82, 2.24) is 9.66 Å². The van der Waals surface area contributed by atoms with E-state index in [9.17, 15) is 14.9 Å². The predicted octanol–water partition coefficient (Wildman–Crippen LogP) is 6.41. The second-order valence-corrected chi connectivity index (χ2v) is 9.87. The quantitative estimate of drug-likeness (QED) is 0.139. The maximum Gasteiger partial charge on any atom is 0.282 e. The summed E-state index contributed by atoms with van der Waals surface area (Å²) in [5.74, 6) is 1.06. The third-order valence-electron chi connectivity index (χ3n) is 5.18. The molecular weight excluding hydrogens is 580 g/mol. The van der Waals surface area contributed by atoms with E-state index in [1.165, 1.54) is 16.8 Å². The van der Waals surface area contributed by atoms with Gasteiger partial charge < -0.3 is 4.74 Å². The fraction of sp³-hybridized carbons (Fsp3) is 0.160. The minimum absolute atomic E-state index is 0.0210. The first-order valence-electron chi connectivity index (χ1n) is 10.6. The van der Waals surface area contributed by atoms with E-state index in [1.807, 2.05) is 32.0 Å². The Labute approximate surface area is 217 Å². The molecule has 0 saturated heterocycles. The topological polar surface area (TPSA) is 99.6 Å². The summed E-state index contributed by atoms with van der Waals surface area (Å²) in [6, 6.07) is 17.0. The maximum absolute atomic E-state index is 13.3. The molecule has 0 aliphatic rings. The lowest BCUT2D eigenvalue weighted by Gasteiger charge is -2.13. The standard InChI is InChI=1S/C25H20Br2N4O4/c1-15(2)24-29-22-9-5-19(27)12-21(22)25(32)30(24)28-13-17-11-18(26)6-10-23(17)35-14-16-3-7-20(8-4-16)31(33)34/h3-13,15H,14H2,1-2H3. The van der Waals surface area contributed by atoms with E-state index in [-0.39, 0.29) is 23.8 Å². The first kappa shape index (κ1) is 24.7. The highest BCUT2D eigenvalue weighted by molar-refractivity contribution is 9.10. The number of ether oxygens (including phenoxy) is 1. The maximum atomic E-state index is 13.3. The van der Waals surface area contributed by atoms with E-state index in [4.69, 9.17) is 4.74 Å². The highest BCUT2D eigenvalue weighted by Crippen LogP contribution is 2.24. The second-order valence-electron chi connectivity index (χ2n) is 8.04. The van der Waals surface area contributed by atoms with Gasteiger partial charge in [0.1, 0.15) is 18.2 Å². The summed E-state index contributed by atoms with van der Waals surface area (Å²) >= 11 is 6.88. The van der Waals surface area contributed by atoms with Crippen molar-refractivity contribution in [3.05, 3.63) is 107 Å². The average molecular weight is 600 g/mol. The highest BCUT2D eigenvalue weighted by Gasteiger charge is 2.14. The van der Waals surface area contributed by atoms with Gasteiger partial charge in [0.05, 0.1) is 22.0 Å². The van der Waals surface area contributed by atoms with Crippen LogP contribution in [-0.4, -0.2) is 20.8 Å². The predicted molar refractivity (Wildman–Crippen MR) is 142 cm³/mol. The van der Waals surface area contributed by atoms with Gasteiger partial charge in [-0.3, -0.25) is 14.9 Å². The van der Waals surface area contributed by atoms with Crippen LogP contribution in [0.15, 0.2) is 79.5 Å². The van der Waals surface area contributed by atoms with Gasteiger partial charge in [0.25, 0.3) is 11.2 Å². The Morgan fingerprint density at radius 1 is 1.09 bits per heavy atom. The Kier molecular flexibility index (Phi) is 7.42. The van der Waals surface area contributed by atoms with Crippen molar-refractivity contribution >= 4 is 54.7 Å². The van der Waals surface area contributed by atoms with E-state index in [2.05, 4.69) is 41.9 Å². The number of rotatable bonds is 7. The number of nitro benzene ring substituents is 1. The smallest absolute Gasteiger partial charge is 0.282 e. The van der Waals surface area contributed by atoms with Gasteiger partial charge in [-0.2, -0.15) is 9.78 Å². The Bertz CT molecular complexity index is 1500. The normalized spacial score (nSPS) is 11.5. The van der Waals surface area contributed by atoms with Crippen molar-refractivity contribution in [3.63, 3.8) is 0 Å². The molecule has 35 heavy (non-hydrogen) atoms. The molecule has 1 heterocycles. The molecule has 0 unspecified atom stereocenters. The molecule has 0 radical (unpaired) electrons. The molecule has 1 aromatic heterocycles. The van der Waals surface area contributed by atoms with Crippen LogP contribution in [0.3, 0.4) is 0 Å². The number of non-ortho nitro benzene ring substituents is 1. The van der Waals surface area contributed by atoms with Crippen molar-refractivity contribution in [1.29, 1.82) is 0 Å². The number of nitro groups is 1. The van der Waals surface area contributed by atoms with Crippen LogP contribution in [0.4, 0.5) is 5.69 Å². The molecule has 0 N–H and O–H groups in total. The van der Waals surface area contributed by atoms with Gasteiger partial charge in [-0.15, -0.1) is 0 Å². The Balaban J connectivity index is 1.68. The third-order valence-corrected chi connectivity index (χ3v) is 6.16. The molecule has 0 aliphatic heterocycles. The molecule has 0 aliphatic carbocycles. The fourth-order valence-corrected chi connectivity index (χ4v) is 4.14. The van der Waals surface area contributed by atoms with E-state index in [0.29, 0.717) is 28.0 Å². The zero-order valence-corrected chi connectivity index (χ0v) is 22.0. The molecule has 178 valence electrons. The third kappa shape index (κ3) is 5.66. The number of aromatic nitrogens is 2. The molecule has 0 atom stereocenters. The van der Waals surface area contributed by atoms with Gasteiger partial charge in [-0.05, 0) is 54.1 Å². The molecule has 0 spiro atoms. The average Bonchev–Trinajstić information content (AvgIpc) is 2.83. The summed E-state index contributed by atoms with van der Waals surface area (Å²) in [5.41, 5.74) is 1.80. The van der Waals surface area contributed by atoms with Crippen LogP contribution in [0, 0.1) is 10.1 Å². The van der Waals surface area contributed by atoms with Gasteiger partial charge in [-0.1, -0.05) is 45.7 Å². The van der Waals surface area contributed by atoms with Crippen LogP contribution in [0.25, 0.3) is 10.9 Å². The second kappa shape index (κ2) is 10.5. The van der Waals surface area contributed by atoms with E-state index in [1.54, 1.807) is 36.5 Å². The summed E-state index contributed by atoms with van der Waals surface area (Å²) < 4.78 is 8.89. The van der Waals surface area contributed by atoms with Gasteiger partial charge in [0, 0.05) is 32.6 Å². The Morgan fingerprint density at radius 3 is 2.46 bits per heavy atom. The van der Waals surface area contributed by atoms with Crippen LogP contribution in [0.5, 0.6) is 5.75 Å². The van der Waals surface area contributed by atoms with Crippen molar-refractivity contribution in [2.75, 3.05) is 0 Å². The lowest BCUT2D eigenvalue weighted by Crippen LogP contribution is -2.23. The molecule has 0 saturated carbocycles. The van der Waals surface area contributed by atoms with Gasteiger partial charge in [-0.25, -0.2) is 4.98 Å². The first-order valence-corrected chi connectivity index (χ1v) is 12.2. The summed E-state index contributed by atoms with van der Waals surface area (Å²) in [4.78, 5) is 28.3. The lowest BCUT2D eigenvalue weighted by atomic mass is 10.2. The van der Waals surface area contributed by atoms with Crippen LogP contribution in [0.1, 0.15) is 36.7 Å². The summed E-state index contributed by atoms with van der Waals surface area (Å²) in [5, 5.41) is 15.8. The van der Waals surface area contributed by atoms with E-state index < -0.39 is 4.92 Å². The Morgan fingerprint density at radius 2 is 1.77 bits per heavy atom. The first-order chi connectivity index (χ1) is 16.7. The van der Waals surface area contributed by atoms with E-state index >= 15 is 0 Å². The zero-order valence-electron chi connectivity index (χ0n) is 18.8. The molecule has 10 heteroatoms. The lowest BCUT2D eigenvalue weighted by molar-refractivity contribution is -0.384. The molecular formula is C25H20Br2N4O4. The number of hydrogen-bond donors (Lipinski definition) is 0. The number of fused-ring (bicyclic) bond motifs is 1. The minimum atomic E-state index is -0.443. The minimum Gasteiger partial charge on any atom is -0.488 e. The highest BCUT2D eigenvalue weighted by atomic mass is 79.9. The van der Waals surface area contributed by atoms with Gasteiger partial charge >= 0.3 is 0 Å². The van der Waals surface area contributed by atoms with Crippen LogP contribution < -0.4 is 10.3 Å². The summed E-state index contributed by atoms with van der Waals surface area (Å²) in [6.07, 6.45) is 1.56. The van der Waals surface area contributed by atoms with Crippen LogP contribution in [-0.2, 0) is 6.61 Å². The molecule has 0 amide bonds. The van der Waals surface area contributed by atoms with Crippen molar-refractivity contribution in [3.8, 4) is 5.75 Å². The van der Waals surface area contributed by atoms with Gasteiger partial charge in [0.15, 0.2) is 0 Å². The van der Waals surface area contributed by atoms with E-state index in [0.717, 1.165) is 14.5 Å². The number of benzene rings is 3. The monoisotopic (exact) mass is 598 g/mol. The van der Waals surface area contributed by atoms with Gasteiger partial charge in [0.2, 0.25) is 0 Å². The molecule has 0 bridgehead atoms. The SMILES string of the molecule is CC(C)c1nc2ccc(Br)cc2c(=O)n1N=Cc1cc(Br)ccc1OCc1ccc([N+](=O)[O-])cc1.